The summed E-state index contributed by atoms with van der Waals surface area (Å²) in [6, 6.07) is -0.819. The van der Waals surface area contributed by atoms with Crippen LogP contribution in [0.5, 0.6) is 0 Å². The summed E-state index contributed by atoms with van der Waals surface area (Å²) >= 11 is 6.89. The fourth-order valence-corrected chi connectivity index (χ4v) is 1.60. The Bertz CT molecular complexity index is 201. The summed E-state index contributed by atoms with van der Waals surface area (Å²) in [6.07, 6.45) is 0.427. The average molecular weight is 240 g/mol. The summed E-state index contributed by atoms with van der Waals surface area (Å²) in [4.78, 5) is 21.5. The van der Waals surface area contributed by atoms with Crippen molar-refractivity contribution in [2.45, 2.75) is 19.4 Å². The van der Waals surface area contributed by atoms with Crippen LogP contribution in [-0.4, -0.2) is 40.4 Å². The van der Waals surface area contributed by atoms with Crippen molar-refractivity contribution in [1.82, 2.24) is 5.32 Å². The molecule has 0 aromatic heterocycles. The van der Waals surface area contributed by atoms with Crippen LogP contribution in [0.2, 0.25) is 0 Å². The van der Waals surface area contributed by atoms with Gasteiger partial charge in [0, 0.05) is 0 Å². The number of carbonyl (C=O) groups excluding carboxylic acids is 1. The van der Waals surface area contributed by atoms with Crippen LogP contribution in [-0.2, 0) is 9.59 Å². The number of hydrogen-bond acceptors (Lipinski definition) is 3. The van der Waals surface area contributed by atoms with Crippen LogP contribution in [0.15, 0.2) is 0 Å². The number of carboxylic acid groups (broad SMARTS) is 1. The number of carbonyl (C=O) groups is 2. The predicted octanol–water partition coefficient (Wildman–Crippen LogP) is 0.938. The Morgan fingerprint density at radius 1 is 1.57 bits per heavy atom. The van der Waals surface area contributed by atoms with Crippen molar-refractivity contribution >= 4 is 35.2 Å². The van der Waals surface area contributed by atoms with E-state index in [1.807, 2.05) is 6.92 Å². The molecule has 0 rings (SSSR count). The first-order chi connectivity index (χ1) is 6.61. The third-order valence-electron chi connectivity index (χ3n) is 1.51. The van der Waals surface area contributed by atoms with Gasteiger partial charge in [-0.1, -0.05) is 6.92 Å². The van der Waals surface area contributed by atoms with Crippen molar-refractivity contribution in [2.24, 2.45) is 0 Å². The van der Waals surface area contributed by atoms with E-state index in [0.29, 0.717) is 6.42 Å². The van der Waals surface area contributed by atoms with E-state index < -0.39 is 17.9 Å². The van der Waals surface area contributed by atoms with Crippen LogP contribution in [0.4, 0.5) is 0 Å². The first-order valence-corrected chi connectivity index (χ1v) is 5.96. The zero-order chi connectivity index (χ0) is 11.0. The lowest BCUT2D eigenvalue weighted by atomic mass is 10.2. The Kier molecular flexibility index (Phi) is 7.70. The van der Waals surface area contributed by atoms with Crippen LogP contribution in [0.25, 0.3) is 0 Å². The van der Waals surface area contributed by atoms with Crippen LogP contribution < -0.4 is 5.32 Å². The van der Waals surface area contributed by atoms with Crippen molar-refractivity contribution in [1.29, 1.82) is 0 Å². The number of rotatable bonds is 7. The summed E-state index contributed by atoms with van der Waals surface area (Å²) in [5.41, 5.74) is 0. The van der Waals surface area contributed by atoms with E-state index >= 15 is 0 Å². The minimum absolute atomic E-state index is 0.204. The highest BCUT2D eigenvalue weighted by Gasteiger charge is 2.18. The first-order valence-electron chi connectivity index (χ1n) is 4.27. The fraction of sp³-hybridized carbons (Fsp3) is 0.750. The highest BCUT2D eigenvalue weighted by molar-refractivity contribution is 7.99. The Hall–Kier alpha value is -0.420. The molecule has 0 fully saturated rings. The minimum Gasteiger partial charge on any atom is -0.480 e. The lowest BCUT2D eigenvalue weighted by Crippen LogP contribution is -2.41. The quantitative estimate of drug-likeness (QED) is 0.513. The third-order valence-corrected chi connectivity index (χ3v) is 2.69. The molecule has 4 nitrogen and oxygen atoms in total. The molecular weight excluding hydrogens is 226 g/mol. The largest absolute Gasteiger partial charge is 0.480 e. The summed E-state index contributed by atoms with van der Waals surface area (Å²) in [5.74, 6) is -0.00277. The van der Waals surface area contributed by atoms with Gasteiger partial charge in [0.25, 0.3) is 0 Å². The molecule has 0 aliphatic carbocycles. The standard InChI is InChI=1S/C8H14ClNO3S/c1-2-14-4-3-6(8(12)13)10-7(11)5-9/h6H,2-5H2,1H3,(H,10,11)(H,12,13). The van der Waals surface area contributed by atoms with Gasteiger partial charge >= 0.3 is 5.97 Å². The number of nitrogens with one attached hydrogen (secondary N) is 1. The summed E-state index contributed by atoms with van der Waals surface area (Å²) in [7, 11) is 0. The van der Waals surface area contributed by atoms with Crippen molar-refractivity contribution in [3.05, 3.63) is 0 Å². The topological polar surface area (TPSA) is 66.4 Å². The van der Waals surface area contributed by atoms with E-state index in [4.69, 9.17) is 16.7 Å². The van der Waals surface area contributed by atoms with Gasteiger partial charge in [-0.25, -0.2) is 4.79 Å². The molecular formula is C8H14ClNO3S. The summed E-state index contributed by atoms with van der Waals surface area (Å²) in [6.45, 7) is 2.00. The van der Waals surface area contributed by atoms with Gasteiger partial charge in [-0.05, 0) is 17.9 Å². The molecule has 2 N–H and O–H groups in total. The number of aliphatic carboxylic acids is 1. The van der Waals surface area contributed by atoms with Crippen LogP contribution in [0.3, 0.4) is 0 Å². The second kappa shape index (κ2) is 7.94. The molecule has 0 aliphatic rings. The number of hydrogen-bond donors (Lipinski definition) is 2. The van der Waals surface area contributed by atoms with Gasteiger partial charge in [0.2, 0.25) is 5.91 Å². The molecule has 1 atom stereocenters. The van der Waals surface area contributed by atoms with Gasteiger partial charge < -0.3 is 10.4 Å². The average Bonchev–Trinajstić information content (AvgIpc) is 2.16. The van der Waals surface area contributed by atoms with Gasteiger partial charge in [0.05, 0.1) is 0 Å². The lowest BCUT2D eigenvalue weighted by Gasteiger charge is -2.12. The third kappa shape index (κ3) is 6.10. The summed E-state index contributed by atoms with van der Waals surface area (Å²) < 4.78 is 0. The number of amides is 1. The maximum absolute atomic E-state index is 10.8. The molecule has 0 aliphatic heterocycles. The Balaban J connectivity index is 3.90. The highest BCUT2D eigenvalue weighted by Crippen LogP contribution is 2.04. The molecule has 82 valence electrons. The zero-order valence-electron chi connectivity index (χ0n) is 7.96. The molecule has 0 aromatic rings. The molecule has 14 heavy (non-hydrogen) atoms. The van der Waals surface area contributed by atoms with Crippen molar-refractivity contribution in [3.63, 3.8) is 0 Å². The molecule has 0 aromatic carbocycles. The van der Waals surface area contributed by atoms with E-state index in [1.165, 1.54) is 0 Å². The van der Waals surface area contributed by atoms with Gasteiger partial charge in [0.15, 0.2) is 0 Å². The van der Waals surface area contributed by atoms with Gasteiger partial charge in [-0.15, -0.1) is 11.6 Å². The maximum atomic E-state index is 10.8. The van der Waals surface area contributed by atoms with E-state index in [-0.39, 0.29) is 5.88 Å². The van der Waals surface area contributed by atoms with Crippen LogP contribution in [0, 0.1) is 0 Å². The Labute approximate surface area is 92.4 Å². The van der Waals surface area contributed by atoms with Gasteiger partial charge in [0.1, 0.15) is 11.9 Å². The van der Waals surface area contributed by atoms with Crippen LogP contribution >= 0.6 is 23.4 Å². The van der Waals surface area contributed by atoms with Crippen LogP contribution in [0.1, 0.15) is 13.3 Å². The fourth-order valence-electron chi connectivity index (χ4n) is 0.836. The molecule has 0 spiro atoms. The SMILES string of the molecule is CCSCCC(NC(=O)CCl)C(=O)O. The normalized spacial score (nSPS) is 12.1. The zero-order valence-corrected chi connectivity index (χ0v) is 9.53. The summed E-state index contributed by atoms with van der Waals surface area (Å²) in [5, 5.41) is 11.1. The van der Waals surface area contributed by atoms with E-state index in [2.05, 4.69) is 5.32 Å². The monoisotopic (exact) mass is 239 g/mol. The molecule has 1 unspecified atom stereocenters. The number of alkyl halides is 1. The molecule has 6 heteroatoms. The molecule has 0 bridgehead atoms. The van der Waals surface area contributed by atoms with Crippen molar-refractivity contribution < 1.29 is 14.7 Å². The molecule has 0 heterocycles. The second-order valence-electron chi connectivity index (χ2n) is 2.58. The lowest BCUT2D eigenvalue weighted by molar-refractivity contribution is -0.141. The number of thioether (sulfide) groups is 1. The number of carboxylic acids is 1. The molecule has 0 saturated heterocycles. The highest BCUT2D eigenvalue weighted by atomic mass is 35.5. The Morgan fingerprint density at radius 2 is 2.21 bits per heavy atom. The van der Waals surface area contributed by atoms with Crippen molar-refractivity contribution in [3.8, 4) is 0 Å². The van der Waals surface area contributed by atoms with E-state index in [9.17, 15) is 9.59 Å². The van der Waals surface area contributed by atoms with Crippen molar-refractivity contribution in [2.75, 3.05) is 17.4 Å². The van der Waals surface area contributed by atoms with E-state index in [1.54, 1.807) is 11.8 Å². The molecule has 0 radical (unpaired) electrons. The first kappa shape index (κ1) is 13.6. The predicted molar refractivity (Wildman–Crippen MR) is 57.9 cm³/mol. The smallest absolute Gasteiger partial charge is 0.326 e. The number of halogens is 1. The van der Waals surface area contributed by atoms with Gasteiger partial charge in [-0.2, -0.15) is 11.8 Å². The molecule has 0 saturated carbocycles. The maximum Gasteiger partial charge on any atom is 0.326 e. The van der Waals surface area contributed by atoms with Gasteiger partial charge in [-0.3, -0.25) is 4.79 Å². The molecule has 1 amide bonds. The second-order valence-corrected chi connectivity index (χ2v) is 4.24. The Morgan fingerprint density at radius 3 is 2.64 bits per heavy atom. The van der Waals surface area contributed by atoms with E-state index in [0.717, 1.165) is 11.5 Å². The minimum atomic E-state index is -1.01.